The molecule has 0 rings (SSSR count). The van der Waals surface area contributed by atoms with Crippen LogP contribution in [0.2, 0.25) is 0 Å². The molecule has 0 aromatic heterocycles. The number of ether oxygens (including phenoxy) is 1. The van der Waals surface area contributed by atoms with Crippen LogP contribution < -0.4 is 5.32 Å². The smallest absolute Gasteiger partial charge is 0.333 e. The minimum atomic E-state index is -0.290. The van der Waals surface area contributed by atoms with Gasteiger partial charge in [0.25, 0.3) is 0 Å². The van der Waals surface area contributed by atoms with Gasteiger partial charge in [0.15, 0.2) is 0 Å². The Labute approximate surface area is 86.5 Å². The Morgan fingerprint density at radius 3 is 2.57 bits per heavy atom. The minimum absolute atomic E-state index is 0.290. The molecule has 0 unspecified atom stereocenters. The zero-order valence-electron chi connectivity index (χ0n) is 9.43. The molecule has 14 heavy (non-hydrogen) atoms. The molecule has 0 spiro atoms. The third-order valence-electron chi connectivity index (χ3n) is 1.71. The molecule has 82 valence electrons. The van der Waals surface area contributed by atoms with Crippen molar-refractivity contribution in [2.24, 2.45) is 0 Å². The van der Waals surface area contributed by atoms with Crippen molar-refractivity contribution >= 4 is 5.97 Å². The van der Waals surface area contributed by atoms with Gasteiger partial charge in [0.1, 0.15) is 0 Å². The van der Waals surface area contributed by atoms with Crippen molar-refractivity contribution in [1.29, 1.82) is 0 Å². The average Bonchev–Trinajstić information content (AvgIpc) is 2.09. The minimum Gasteiger partial charge on any atom is -0.462 e. The molecule has 0 heterocycles. The molecule has 0 fully saturated rings. The van der Waals surface area contributed by atoms with Gasteiger partial charge in [-0.3, -0.25) is 0 Å². The second kappa shape index (κ2) is 7.56. The second-order valence-electron chi connectivity index (χ2n) is 3.73. The largest absolute Gasteiger partial charge is 0.462 e. The van der Waals surface area contributed by atoms with Crippen LogP contribution >= 0.6 is 0 Å². The van der Waals surface area contributed by atoms with Gasteiger partial charge in [-0.15, -0.1) is 0 Å². The Kier molecular flexibility index (Phi) is 7.11. The molecule has 0 aliphatic rings. The Morgan fingerprint density at radius 2 is 2.07 bits per heavy atom. The molecule has 0 saturated heterocycles. The molecule has 0 aromatic carbocycles. The molecule has 3 heteroatoms. The van der Waals surface area contributed by atoms with Crippen molar-refractivity contribution in [1.82, 2.24) is 5.32 Å². The molecule has 3 nitrogen and oxygen atoms in total. The van der Waals surface area contributed by atoms with Gasteiger partial charge in [-0.25, -0.2) is 4.79 Å². The Bertz CT molecular complexity index is 188. The van der Waals surface area contributed by atoms with E-state index in [-0.39, 0.29) is 5.97 Å². The summed E-state index contributed by atoms with van der Waals surface area (Å²) in [7, 11) is 0. The maximum absolute atomic E-state index is 10.9. The Balaban J connectivity index is 3.22. The average molecular weight is 199 g/mol. The first-order chi connectivity index (χ1) is 6.54. The zero-order valence-corrected chi connectivity index (χ0v) is 9.43. The van der Waals surface area contributed by atoms with Gasteiger partial charge in [0, 0.05) is 11.6 Å². The summed E-state index contributed by atoms with van der Waals surface area (Å²) in [6.45, 7) is 10.9. The van der Waals surface area contributed by atoms with Crippen LogP contribution in [0.4, 0.5) is 0 Å². The van der Waals surface area contributed by atoms with Gasteiger partial charge >= 0.3 is 5.97 Å². The zero-order chi connectivity index (χ0) is 11.0. The fraction of sp³-hybridized carbons (Fsp3) is 0.727. The summed E-state index contributed by atoms with van der Waals surface area (Å²) < 4.78 is 4.94. The predicted molar refractivity (Wildman–Crippen MR) is 58.1 cm³/mol. The number of hydrogen-bond acceptors (Lipinski definition) is 3. The molecule has 0 atom stereocenters. The molecule has 0 saturated carbocycles. The molecular weight excluding hydrogens is 178 g/mol. The fourth-order valence-corrected chi connectivity index (χ4v) is 0.906. The number of hydrogen-bond donors (Lipinski definition) is 1. The molecule has 0 aromatic rings. The number of unbranched alkanes of at least 4 members (excludes halogenated alkanes) is 1. The first-order valence-corrected chi connectivity index (χ1v) is 5.10. The van der Waals surface area contributed by atoms with E-state index >= 15 is 0 Å². The fourth-order valence-electron chi connectivity index (χ4n) is 0.906. The summed E-state index contributed by atoms with van der Waals surface area (Å²) in [5.74, 6) is -0.290. The third kappa shape index (κ3) is 7.80. The van der Waals surface area contributed by atoms with Crippen LogP contribution in [0, 0.1) is 0 Å². The molecule has 1 N–H and O–H groups in total. The van der Waals surface area contributed by atoms with Gasteiger partial charge in [-0.1, -0.05) is 20.4 Å². The van der Waals surface area contributed by atoms with Crippen molar-refractivity contribution in [3.05, 3.63) is 12.2 Å². The lowest BCUT2D eigenvalue weighted by Crippen LogP contribution is -2.23. The monoisotopic (exact) mass is 199 g/mol. The van der Waals surface area contributed by atoms with E-state index in [2.05, 4.69) is 25.7 Å². The normalized spacial score (nSPS) is 10.3. The SMILES string of the molecule is C=C(C)C(=O)OCCCCNC(C)C. The van der Waals surface area contributed by atoms with Crippen molar-refractivity contribution in [2.75, 3.05) is 13.2 Å². The van der Waals surface area contributed by atoms with Crippen molar-refractivity contribution in [3.8, 4) is 0 Å². The number of carbonyl (C=O) groups excluding carboxylic acids is 1. The summed E-state index contributed by atoms with van der Waals surface area (Å²) in [4.78, 5) is 10.9. The van der Waals surface area contributed by atoms with Crippen LogP contribution in [0.15, 0.2) is 12.2 Å². The first-order valence-electron chi connectivity index (χ1n) is 5.10. The maximum atomic E-state index is 10.9. The lowest BCUT2D eigenvalue weighted by Gasteiger charge is -2.07. The summed E-state index contributed by atoms with van der Waals surface area (Å²) in [6.07, 6.45) is 1.93. The summed E-state index contributed by atoms with van der Waals surface area (Å²) >= 11 is 0. The maximum Gasteiger partial charge on any atom is 0.333 e. The quantitative estimate of drug-likeness (QED) is 0.386. The van der Waals surface area contributed by atoms with Crippen LogP contribution in [0.5, 0.6) is 0 Å². The lowest BCUT2D eigenvalue weighted by molar-refractivity contribution is -0.139. The Hall–Kier alpha value is -0.830. The number of esters is 1. The van der Waals surface area contributed by atoms with Crippen LogP contribution in [-0.2, 0) is 9.53 Å². The van der Waals surface area contributed by atoms with E-state index in [1.165, 1.54) is 0 Å². The van der Waals surface area contributed by atoms with Crippen molar-refractivity contribution < 1.29 is 9.53 Å². The van der Waals surface area contributed by atoms with E-state index in [9.17, 15) is 4.79 Å². The van der Waals surface area contributed by atoms with Gasteiger partial charge in [0.2, 0.25) is 0 Å². The Morgan fingerprint density at radius 1 is 1.43 bits per heavy atom. The molecule has 0 aliphatic heterocycles. The van der Waals surface area contributed by atoms with Crippen molar-refractivity contribution in [3.63, 3.8) is 0 Å². The highest BCUT2D eigenvalue weighted by Crippen LogP contribution is 1.95. The molecular formula is C11H21NO2. The van der Waals surface area contributed by atoms with E-state index in [0.717, 1.165) is 19.4 Å². The standard InChI is InChI=1S/C11H21NO2/c1-9(2)11(13)14-8-6-5-7-12-10(3)4/h10,12H,1,5-8H2,2-4H3. The third-order valence-corrected chi connectivity index (χ3v) is 1.71. The highest BCUT2D eigenvalue weighted by molar-refractivity contribution is 5.86. The van der Waals surface area contributed by atoms with Gasteiger partial charge in [-0.05, 0) is 26.3 Å². The molecule has 0 aliphatic carbocycles. The van der Waals surface area contributed by atoms with Crippen LogP contribution in [0.3, 0.4) is 0 Å². The van der Waals surface area contributed by atoms with Gasteiger partial charge in [-0.2, -0.15) is 0 Å². The van der Waals surface area contributed by atoms with Crippen molar-refractivity contribution in [2.45, 2.75) is 39.7 Å². The lowest BCUT2D eigenvalue weighted by atomic mass is 10.3. The molecule has 0 bridgehead atoms. The van der Waals surface area contributed by atoms with Crippen LogP contribution in [0.25, 0.3) is 0 Å². The topological polar surface area (TPSA) is 38.3 Å². The van der Waals surface area contributed by atoms with Gasteiger partial charge in [0.05, 0.1) is 6.61 Å². The molecule has 0 amide bonds. The summed E-state index contributed by atoms with van der Waals surface area (Å²) in [5, 5.41) is 3.30. The van der Waals surface area contributed by atoms with Crippen LogP contribution in [-0.4, -0.2) is 25.2 Å². The van der Waals surface area contributed by atoms with E-state index in [1.54, 1.807) is 6.92 Å². The van der Waals surface area contributed by atoms with E-state index in [4.69, 9.17) is 4.74 Å². The number of nitrogens with one attached hydrogen (secondary N) is 1. The predicted octanol–water partition coefficient (Wildman–Crippen LogP) is 1.88. The first kappa shape index (κ1) is 13.2. The number of carbonyl (C=O) groups is 1. The van der Waals surface area contributed by atoms with E-state index in [0.29, 0.717) is 18.2 Å². The molecule has 0 radical (unpaired) electrons. The second-order valence-corrected chi connectivity index (χ2v) is 3.73. The van der Waals surface area contributed by atoms with Crippen LogP contribution in [0.1, 0.15) is 33.6 Å². The number of rotatable bonds is 7. The highest BCUT2D eigenvalue weighted by atomic mass is 16.5. The highest BCUT2D eigenvalue weighted by Gasteiger charge is 2.01. The summed E-state index contributed by atoms with van der Waals surface area (Å²) in [5.41, 5.74) is 0.463. The summed E-state index contributed by atoms with van der Waals surface area (Å²) in [6, 6.07) is 0.521. The van der Waals surface area contributed by atoms with E-state index in [1.807, 2.05) is 0 Å². The van der Waals surface area contributed by atoms with E-state index < -0.39 is 0 Å². The van der Waals surface area contributed by atoms with Gasteiger partial charge < -0.3 is 10.1 Å².